The van der Waals surface area contributed by atoms with Gasteiger partial charge >= 0.3 is 12.1 Å². The Hall–Kier alpha value is -3.41. The van der Waals surface area contributed by atoms with Crippen LogP contribution in [0.15, 0.2) is 71.6 Å². The van der Waals surface area contributed by atoms with Crippen LogP contribution in [0.25, 0.3) is 0 Å². The number of hydrogen-bond donors (Lipinski definition) is 2. The quantitative estimate of drug-likeness (QED) is 0.303. The standard InChI is InChI=1S/C27H26ClF3N2O5S/c1-18-24(28)6-3-7-25(18)33(39(37,38)23-11-9-21(10-12-23)27(29,30)31)17-22(34)16-32-15-20-5-2-4-19(14-20)8-13-26(35)36/h2-7,9-12,14,32H,8,13,15-17H2,1H3,(H,35,36). The van der Waals surface area contributed by atoms with E-state index in [2.05, 4.69) is 5.32 Å². The highest BCUT2D eigenvalue weighted by atomic mass is 35.5. The van der Waals surface area contributed by atoms with Crippen LogP contribution in [0, 0.1) is 6.92 Å². The van der Waals surface area contributed by atoms with Crippen molar-refractivity contribution < 1.29 is 36.3 Å². The largest absolute Gasteiger partial charge is 0.481 e. The number of aliphatic carboxylic acids is 1. The molecule has 0 spiro atoms. The summed E-state index contributed by atoms with van der Waals surface area (Å²) in [6.45, 7) is 1.07. The molecule has 0 aliphatic rings. The molecule has 0 aromatic heterocycles. The zero-order chi connectivity index (χ0) is 28.8. The number of hydrogen-bond acceptors (Lipinski definition) is 5. The summed E-state index contributed by atoms with van der Waals surface area (Å²) in [7, 11) is -4.44. The maximum atomic E-state index is 13.5. The number of ketones is 1. The number of anilines is 1. The molecule has 3 aromatic rings. The third-order valence-electron chi connectivity index (χ3n) is 5.87. The average molecular weight is 583 g/mol. The van der Waals surface area contributed by atoms with E-state index in [-0.39, 0.29) is 30.2 Å². The smallest absolute Gasteiger partial charge is 0.416 e. The van der Waals surface area contributed by atoms with Crippen molar-refractivity contribution in [2.45, 2.75) is 37.4 Å². The Balaban J connectivity index is 1.78. The van der Waals surface area contributed by atoms with Gasteiger partial charge in [-0.15, -0.1) is 0 Å². The van der Waals surface area contributed by atoms with Crippen molar-refractivity contribution >= 4 is 39.1 Å². The Morgan fingerprint density at radius 1 is 1.00 bits per heavy atom. The summed E-state index contributed by atoms with van der Waals surface area (Å²) in [4.78, 5) is 23.3. The summed E-state index contributed by atoms with van der Waals surface area (Å²) >= 11 is 6.19. The van der Waals surface area contributed by atoms with Crippen LogP contribution < -0.4 is 9.62 Å². The summed E-state index contributed by atoms with van der Waals surface area (Å²) in [6, 6.07) is 14.8. The lowest BCUT2D eigenvalue weighted by Gasteiger charge is -2.26. The van der Waals surface area contributed by atoms with E-state index < -0.39 is 45.0 Å². The molecular formula is C27H26ClF3N2O5S. The summed E-state index contributed by atoms with van der Waals surface area (Å²) in [5.41, 5.74) is 1.15. The van der Waals surface area contributed by atoms with E-state index in [1.807, 2.05) is 6.07 Å². The zero-order valence-electron chi connectivity index (χ0n) is 20.8. The number of carboxylic acids is 1. The Labute approximate surface area is 229 Å². The highest BCUT2D eigenvalue weighted by Crippen LogP contribution is 2.33. The van der Waals surface area contributed by atoms with Gasteiger partial charge in [-0.05, 0) is 66.4 Å². The molecule has 0 fully saturated rings. The molecule has 0 unspecified atom stereocenters. The minimum atomic E-state index is -4.64. The number of benzene rings is 3. The van der Waals surface area contributed by atoms with Gasteiger partial charge in [-0.3, -0.25) is 13.9 Å². The first-order valence-electron chi connectivity index (χ1n) is 11.8. The topological polar surface area (TPSA) is 104 Å². The Morgan fingerprint density at radius 2 is 1.64 bits per heavy atom. The second kappa shape index (κ2) is 12.6. The third kappa shape index (κ3) is 8.04. The lowest BCUT2D eigenvalue weighted by Crippen LogP contribution is -2.39. The second-order valence-electron chi connectivity index (χ2n) is 8.77. The molecule has 0 saturated carbocycles. The van der Waals surface area contributed by atoms with E-state index in [9.17, 15) is 31.2 Å². The van der Waals surface area contributed by atoms with E-state index in [1.54, 1.807) is 31.2 Å². The van der Waals surface area contributed by atoms with Gasteiger partial charge in [0.1, 0.15) is 0 Å². The van der Waals surface area contributed by atoms with Crippen molar-refractivity contribution in [3.05, 3.63) is 94.0 Å². The van der Waals surface area contributed by atoms with Gasteiger partial charge in [0.2, 0.25) is 0 Å². The van der Waals surface area contributed by atoms with Gasteiger partial charge in [-0.1, -0.05) is 41.9 Å². The fourth-order valence-corrected chi connectivity index (χ4v) is 5.49. The molecule has 0 amide bonds. The first-order chi connectivity index (χ1) is 18.3. The number of halogens is 4. The Morgan fingerprint density at radius 3 is 2.28 bits per heavy atom. The minimum Gasteiger partial charge on any atom is -0.481 e. The maximum Gasteiger partial charge on any atom is 0.416 e. The van der Waals surface area contributed by atoms with Gasteiger partial charge in [0.05, 0.1) is 29.2 Å². The molecule has 12 heteroatoms. The minimum absolute atomic E-state index is 0.0124. The van der Waals surface area contributed by atoms with Crippen LogP contribution in [-0.4, -0.2) is 38.4 Å². The zero-order valence-corrected chi connectivity index (χ0v) is 22.4. The molecule has 0 aliphatic heterocycles. The van der Waals surface area contributed by atoms with Gasteiger partial charge < -0.3 is 10.4 Å². The van der Waals surface area contributed by atoms with E-state index in [4.69, 9.17) is 16.7 Å². The number of aryl methyl sites for hydroxylation is 1. The number of carbonyl (C=O) groups is 2. The van der Waals surface area contributed by atoms with E-state index >= 15 is 0 Å². The SMILES string of the molecule is Cc1c(Cl)cccc1N(CC(=O)CNCc1cccc(CCC(=O)O)c1)S(=O)(=O)c1ccc(C(F)(F)F)cc1. The lowest BCUT2D eigenvalue weighted by molar-refractivity contribution is -0.138. The van der Waals surface area contributed by atoms with Gasteiger partial charge in [-0.2, -0.15) is 13.2 Å². The first kappa shape index (κ1) is 30.1. The van der Waals surface area contributed by atoms with Crippen LogP contribution in [0.1, 0.15) is 28.7 Å². The molecule has 3 aromatic carbocycles. The molecule has 3 rings (SSSR count). The lowest BCUT2D eigenvalue weighted by atomic mass is 10.1. The average Bonchev–Trinajstić information content (AvgIpc) is 2.87. The van der Waals surface area contributed by atoms with Crippen molar-refractivity contribution in [1.82, 2.24) is 5.32 Å². The van der Waals surface area contributed by atoms with Gasteiger partial charge in [-0.25, -0.2) is 8.42 Å². The predicted octanol–water partition coefficient (Wildman–Crippen LogP) is 5.24. The Kier molecular flexibility index (Phi) is 9.76. The van der Waals surface area contributed by atoms with Crippen LogP contribution in [-0.2, 0) is 38.8 Å². The number of alkyl halides is 3. The van der Waals surface area contributed by atoms with Crippen LogP contribution in [0.3, 0.4) is 0 Å². The monoisotopic (exact) mass is 582 g/mol. The van der Waals surface area contributed by atoms with E-state index in [0.717, 1.165) is 27.6 Å². The molecule has 0 aliphatic carbocycles. The van der Waals surface area contributed by atoms with Gasteiger partial charge in [0.15, 0.2) is 5.78 Å². The van der Waals surface area contributed by atoms with E-state index in [0.29, 0.717) is 24.1 Å². The summed E-state index contributed by atoms with van der Waals surface area (Å²) in [5.74, 6) is -1.40. The van der Waals surface area contributed by atoms with Crippen LogP contribution in [0.4, 0.5) is 18.9 Å². The maximum absolute atomic E-state index is 13.5. The number of carboxylic acid groups (broad SMARTS) is 1. The summed E-state index contributed by atoms with van der Waals surface area (Å²) < 4.78 is 66.9. The molecule has 0 saturated heterocycles. The number of sulfonamides is 1. The normalized spacial score (nSPS) is 11.8. The molecular weight excluding hydrogens is 557 g/mol. The summed E-state index contributed by atoms with van der Waals surface area (Å²) in [5, 5.41) is 12.1. The van der Waals surface area contributed by atoms with Crippen molar-refractivity contribution in [1.29, 1.82) is 0 Å². The number of Topliss-reactive ketones (excluding diaryl/α,β-unsaturated/α-hetero) is 1. The van der Waals surface area contributed by atoms with Crippen LogP contribution in [0.2, 0.25) is 5.02 Å². The van der Waals surface area contributed by atoms with Crippen LogP contribution >= 0.6 is 11.6 Å². The highest BCUT2D eigenvalue weighted by molar-refractivity contribution is 7.92. The van der Waals surface area contributed by atoms with E-state index in [1.165, 1.54) is 12.1 Å². The molecule has 0 radical (unpaired) electrons. The molecule has 2 N–H and O–H groups in total. The molecule has 0 atom stereocenters. The summed E-state index contributed by atoms with van der Waals surface area (Å²) in [6.07, 6.45) is -4.29. The molecule has 7 nitrogen and oxygen atoms in total. The fraction of sp³-hybridized carbons (Fsp3) is 0.259. The van der Waals surface area contributed by atoms with Gasteiger partial charge in [0, 0.05) is 18.0 Å². The molecule has 0 bridgehead atoms. The second-order valence-corrected chi connectivity index (χ2v) is 11.0. The number of rotatable bonds is 12. The fourth-order valence-electron chi connectivity index (χ4n) is 3.82. The first-order valence-corrected chi connectivity index (χ1v) is 13.6. The van der Waals surface area contributed by atoms with Crippen LogP contribution in [0.5, 0.6) is 0 Å². The number of carbonyl (C=O) groups excluding carboxylic acids is 1. The third-order valence-corrected chi connectivity index (χ3v) is 8.05. The molecule has 39 heavy (non-hydrogen) atoms. The van der Waals surface area contributed by atoms with Crippen molar-refractivity contribution in [3.8, 4) is 0 Å². The van der Waals surface area contributed by atoms with Crippen molar-refractivity contribution in [2.75, 3.05) is 17.4 Å². The predicted molar refractivity (Wildman–Crippen MR) is 141 cm³/mol. The highest BCUT2D eigenvalue weighted by Gasteiger charge is 2.32. The molecule has 0 heterocycles. The Bertz CT molecular complexity index is 1440. The van der Waals surface area contributed by atoms with Crippen molar-refractivity contribution in [3.63, 3.8) is 0 Å². The van der Waals surface area contributed by atoms with Gasteiger partial charge in [0.25, 0.3) is 10.0 Å². The van der Waals surface area contributed by atoms with Crippen molar-refractivity contribution in [2.24, 2.45) is 0 Å². The molecule has 208 valence electrons. The number of nitrogens with one attached hydrogen (secondary N) is 1. The number of nitrogens with zero attached hydrogens (tertiary/aromatic N) is 1.